The van der Waals surface area contributed by atoms with Gasteiger partial charge in [-0.25, -0.2) is 0 Å². The average Bonchev–Trinajstić information content (AvgIpc) is 2.90. The van der Waals surface area contributed by atoms with Gasteiger partial charge < -0.3 is 10.1 Å². The third-order valence-electron chi connectivity index (χ3n) is 3.13. The van der Waals surface area contributed by atoms with Crippen molar-refractivity contribution in [3.05, 3.63) is 34.3 Å². The molecule has 1 N–H and O–H groups in total. The number of aryl methyl sites for hydroxylation is 3. The number of nitrogens with one attached hydrogen (secondary N) is 1. The van der Waals surface area contributed by atoms with Gasteiger partial charge in [0.15, 0.2) is 4.34 Å². The maximum absolute atomic E-state index is 11.9. The van der Waals surface area contributed by atoms with Gasteiger partial charge in [0.2, 0.25) is 5.91 Å². The summed E-state index contributed by atoms with van der Waals surface area (Å²) in [5.41, 5.74) is 2.21. The summed E-state index contributed by atoms with van der Waals surface area (Å²) in [4.78, 5) is 11.9. The van der Waals surface area contributed by atoms with Crippen LogP contribution in [0.15, 0.2) is 22.5 Å². The van der Waals surface area contributed by atoms with E-state index in [0.29, 0.717) is 12.4 Å². The second-order valence-electron chi connectivity index (χ2n) is 5.38. The maximum atomic E-state index is 11.9. The van der Waals surface area contributed by atoms with Crippen molar-refractivity contribution in [2.24, 2.45) is 0 Å². The minimum atomic E-state index is -0.0572. The van der Waals surface area contributed by atoms with E-state index in [2.05, 4.69) is 15.5 Å². The van der Waals surface area contributed by atoms with E-state index in [0.717, 1.165) is 26.2 Å². The van der Waals surface area contributed by atoms with Crippen molar-refractivity contribution >= 4 is 29.0 Å². The Morgan fingerprint density at radius 1 is 1.30 bits per heavy atom. The molecule has 0 aliphatic heterocycles. The molecule has 2 rings (SSSR count). The van der Waals surface area contributed by atoms with Crippen LogP contribution in [0.4, 0.5) is 0 Å². The van der Waals surface area contributed by atoms with E-state index < -0.39 is 0 Å². The number of benzene rings is 1. The molecule has 124 valence electrons. The topological polar surface area (TPSA) is 64.1 Å². The van der Waals surface area contributed by atoms with Crippen molar-refractivity contribution in [3.8, 4) is 5.75 Å². The molecule has 1 heterocycles. The quantitative estimate of drug-likeness (QED) is 0.777. The predicted octanol–water partition coefficient (Wildman–Crippen LogP) is 3.14. The Balaban J connectivity index is 1.75. The molecule has 7 heteroatoms. The standard InChI is InChI=1S/C16H21N3O2S2/c1-10-6-5-7-11(2)15(10)21-8-12(3)17-14(20)9-22-16-19-18-13(4)23-16/h5-7,12H,8-9H2,1-4H3,(H,17,20). The fourth-order valence-corrected chi connectivity index (χ4v) is 3.68. The van der Waals surface area contributed by atoms with Crippen LogP contribution in [-0.2, 0) is 4.79 Å². The summed E-state index contributed by atoms with van der Waals surface area (Å²) in [6.45, 7) is 8.32. The highest BCUT2D eigenvalue weighted by Gasteiger charge is 2.11. The Morgan fingerprint density at radius 2 is 2.00 bits per heavy atom. The van der Waals surface area contributed by atoms with Crippen LogP contribution < -0.4 is 10.1 Å². The minimum Gasteiger partial charge on any atom is -0.491 e. The highest BCUT2D eigenvalue weighted by Crippen LogP contribution is 2.23. The number of amides is 1. The van der Waals surface area contributed by atoms with Crippen molar-refractivity contribution in [1.82, 2.24) is 15.5 Å². The summed E-state index contributed by atoms with van der Waals surface area (Å²) in [5, 5.41) is 11.8. The highest BCUT2D eigenvalue weighted by atomic mass is 32.2. The van der Waals surface area contributed by atoms with Crippen LogP contribution in [0.3, 0.4) is 0 Å². The van der Waals surface area contributed by atoms with Gasteiger partial charge in [-0.15, -0.1) is 10.2 Å². The molecule has 0 fully saturated rings. The number of hydrogen-bond donors (Lipinski definition) is 1. The van der Waals surface area contributed by atoms with Crippen molar-refractivity contribution in [1.29, 1.82) is 0 Å². The zero-order chi connectivity index (χ0) is 16.8. The van der Waals surface area contributed by atoms with Gasteiger partial charge in [0, 0.05) is 0 Å². The first-order valence-corrected chi connectivity index (χ1v) is 9.17. The average molecular weight is 351 g/mol. The van der Waals surface area contributed by atoms with Gasteiger partial charge in [-0.05, 0) is 38.8 Å². The van der Waals surface area contributed by atoms with E-state index in [1.807, 2.05) is 45.9 Å². The van der Waals surface area contributed by atoms with E-state index in [9.17, 15) is 4.79 Å². The lowest BCUT2D eigenvalue weighted by atomic mass is 10.1. The molecule has 0 aliphatic carbocycles. The molecule has 0 saturated heterocycles. The molecule has 0 saturated carbocycles. The first kappa shape index (κ1) is 17.7. The molecule has 0 bridgehead atoms. The van der Waals surface area contributed by atoms with E-state index in [-0.39, 0.29) is 11.9 Å². The zero-order valence-corrected chi connectivity index (χ0v) is 15.4. The van der Waals surface area contributed by atoms with E-state index in [1.165, 1.54) is 23.1 Å². The van der Waals surface area contributed by atoms with E-state index >= 15 is 0 Å². The van der Waals surface area contributed by atoms with Crippen molar-refractivity contribution in [3.63, 3.8) is 0 Å². The molecule has 2 aromatic rings. The van der Waals surface area contributed by atoms with Gasteiger partial charge in [-0.2, -0.15) is 0 Å². The lowest BCUT2D eigenvalue weighted by Gasteiger charge is -2.17. The van der Waals surface area contributed by atoms with E-state index in [4.69, 9.17) is 4.74 Å². The fourth-order valence-electron chi connectivity index (χ4n) is 2.06. The Morgan fingerprint density at radius 3 is 2.61 bits per heavy atom. The second-order valence-corrected chi connectivity index (χ2v) is 7.78. The lowest BCUT2D eigenvalue weighted by molar-refractivity contribution is -0.119. The summed E-state index contributed by atoms with van der Waals surface area (Å²) in [7, 11) is 0. The van der Waals surface area contributed by atoms with Crippen LogP contribution in [0, 0.1) is 20.8 Å². The van der Waals surface area contributed by atoms with Gasteiger partial charge in [0.1, 0.15) is 17.4 Å². The summed E-state index contributed by atoms with van der Waals surface area (Å²) in [6, 6.07) is 5.99. The molecule has 0 radical (unpaired) electrons. The molecule has 0 spiro atoms. The van der Waals surface area contributed by atoms with Crippen LogP contribution in [-0.4, -0.2) is 34.5 Å². The molecule has 23 heavy (non-hydrogen) atoms. The minimum absolute atomic E-state index is 0.0274. The molecule has 5 nitrogen and oxygen atoms in total. The van der Waals surface area contributed by atoms with Gasteiger partial charge in [-0.3, -0.25) is 4.79 Å². The summed E-state index contributed by atoms with van der Waals surface area (Å²) < 4.78 is 6.67. The van der Waals surface area contributed by atoms with Crippen molar-refractivity contribution < 1.29 is 9.53 Å². The first-order valence-electron chi connectivity index (χ1n) is 7.37. The molecule has 0 aliphatic rings. The van der Waals surface area contributed by atoms with Crippen LogP contribution in [0.25, 0.3) is 0 Å². The van der Waals surface area contributed by atoms with E-state index in [1.54, 1.807) is 0 Å². The van der Waals surface area contributed by atoms with Gasteiger partial charge >= 0.3 is 0 Å². The number of thioether (sulfide) groups is 1. The maximum Gasteiger partial charge on any atom is 0.230 e. The largest absolute Gasteiger partial charge is 0.491 e. The third-order valence-corrected chi connectivity index (χ3v) is 5.10. The Kier molecular flexibility index (Phi) is 6.41. The molecule has 1 aromatic heterocycles. The molecule has 1 unspecified atom stereocenters. The van der Waals surface area contributed by atoms with Crippen molar-refractivity contribution in [2.75, 3.05) is 12.4 Å². The third kappa shape index (κ3) is 5.51. The Labute approximate surface area is 144 Å². The monoisotopic (exact) mass is 351 g/mol. The lowest BCUT2D eigenvalue weighted by Crippen LogP contribution is -2.37. The number of aromatic nitrogens is 2. The van der Waals surface area contributed by atoms with Gasteiger partial charge in [-0.1, -0.05) is 41.3 Å². The Bertz CT molecular complexity index is 653. The number of ether oxygens (including phenoxy) is 1. The molecule has 1 amide bonds. The number of carbonyl (C=O) groups excluding carboxylic acids is 1. The number of nitrogens with zero attached hydrogens (tertiary/aromatic N) is 2. The number of hydrogen-bond acceptors (Lipinski definition) is 6. The SMILES string of the molecule is Cc1nnc(SCC(=O)NC(C)COc2c(C)cccc2C)s1. The molecule has 1 aromatic carbocycles. The number of rotatable bonds is 7. The van der Waals surface area contributed by atoms with Crippen molar-refractivity contribution in [2.45, 2.75) is 38.1 Å². The summed E-state index contributed by atoms with van der Waals surface area (Å²) >= 11 is 2.90. The van der Waals surface area contributed by atoms with Crippen LogP contribution in [0.5, 0.6) is 5.75 Å². The molecular formula is C16H21N3O2S2. The zero-order valence-electron chi connectivity index (χ0n) is 13.8. The van der Waals surface area contributed by atoms with Crippen LogP contribution in [0.1, 0.15) is 23.1 Å². The smallest absolute Gasteiger partial charge is 0.230 e. The number of carbonyl (C=O) groups is 1. The molecular weight excluding hydrogens is 330 g/mol. The van der Waals surface area contributed by atoms with Gasteiger partial charge in [0.05, 0.1) is 11.8 Å². The Hall–Kier alpha value is -1.60. The predicted molar refractivity (Wildman–Crippen MR) is 94.4 cm³/mol. The normalized spacial score (nSPS) is 12.0. The highest BCUT2D eigenvalue weighted by molar-refractivity contribution is 8.01. The van der Waals surface area contributed by atoms with Crippen LogP contribution >= 0.6 is 23.1 Å². The summed E-state index contributed by atoms with van der Waals surface area (Å²) in [5.74, 6) is 1.20. The fraction of sp³-hybridized carbons (Fsp3) is 0.438. The number of para-hydroxylation sites is 1. The molecule has 1 atom stereocenters. The first-order chi connectivity index (χ1) is 11.0. The van der Waals surface area contributed by atoms with Gasteiger partial charge in [0.25, 0.3) is 0 Å². The van der Waals surface area contributed by atoms with Crippen LogP contribution in [0.2, 0.25) is 0 Å². The summed E-state index contributed by atoms with van der Waals surface area (Å²) in [6.07, 6.45) is 0. The second kappa shape index (κ2) is 8.31.